The zero-order valence-electron chi connectivity index (χ0n) is 22.6. The van der Waals surface area contributed by atoms with E-state index in [4.69, 9.17) is 4.74 Å². The van der Waals surface area contributed by atoms with E-state index in [0.717, 1.165) is 25.7 Å². The van der Waals surface area contributed by atoms with Crippen molar-refractivity contribution in [3.05, 3.63) is 11.1 Å². The molecule has 0 radical (unpaired) electrons. The fourth-order valence-corrected chi connectivity index (χ4v) is 7.44. The van der Waals surface area contributed by atoms with Gasteiger partial charge in [-0.2, -0.15) is 0 Å². The predicted molar refractivity (Wildman–Crippen MR) is 135 cm³/mol. The third-order valence-electron chi connectivity index (χ3n) is 9.17. The first-order valence-corrected chi connectivity index (χ1v) is 13.4. The van der Waals surface area contributed by atoms with Gasteiger partial charge < -0.3 is 20.5 Å². The number of hydrogen-bond acceptors (Lipinski definition) is 4. The molecule has 34 heavy (non-hydrogen) atoms. The van der Waals surface area contributed by atoms with E-state index in [0.29, 0.717) is 37.3 Å². The zero-order chi connectivity index (χ0) is 25.3. The summed E-state index contributed by atoms with van der Waals surface area (Å²) in [5.74, 6) is 1.82. The average molecular weight is 477 g/mol. The summed E-state index contributed by atoms with van der Waals surface area (Å²) in [7, 11) is 0. The van der Waals surface area contributed by atoms with Crippen LogP contribution in [0.1, 0.15) is 99.8 Å². The highest BCUT2D eigenvalue weighted by Gasteiger charge is 2.58. The van der Waals surface area contributed by atoms with Crippen molar-refractivity contribution in [3.63, 3.8) is 0 Å². The van der Waals surface area contributed by atoms with Gasteiger partial charge in [-0.25, -0.2) is 4.79 Å². The lowest BCUT2D eigenvalue weighted by Crippen LogP contribution is -2.56. The number of allylic oxidation sites excluding steroid dienone is 2. The minimum absolute atomic E-state index is 0.0262. The second-order valence-corrected chi connectivity index (χ2v) is 12.8. The van der Waals surface area contributed by atoms with Crippen LogP contribution < -0.4 is 10.6 Å². The summed E-state index contributed by atoms with van der Waals surface area (Å²) in [6.45, 7) is 15.5. The van der Waals surface area contributed by atoms with Crippen molar-refractivity contribution in [1.29, 1.82) is 0 Å². The summed E-state index contributed by atoms with van der Waals surface area (Å²) < 4.78 is 5.22. The van der Waals surface area contributed by atoms with Gasteiger partial charge in [0.2, 0.25) is 5.91 Å². The largest absolute Gasteiger partial charge is 0.444 e. The number of rotatable bonds is 6. The molecule has 2 amide bonds. The SMILES string of the molecule is CC1=C(CCC(=O)NCCNC(=O)OC(C)(C)C)C2CCC3C(C)(C)C(O)CC[C@]3(C)[C@H]2CC1. The van der Waals surface area contributed by atoms with Crippen LogP contribution in [0.2, 0.25) is 0 Å². The molecule has 2 saturated carbocycles. The van der Waals surface area contributed by atoms with E-state index in [1.54, 1.807) is 0 Å². The van der Waals surface area contributed by atoms with Crippen LogP contribution in [0.4, 0.5) is 4.79 Å². The topological polar surface area (TPSA) is 87.7 Å². The molecular formula is C28H48N2O4. The first-order valence-electron chi connectivity index (χ1n) is 13.4. The predicted octanol–water partition coefficient (Wildman–Crippen LogP) is 5.35. The van der Waals surface area contributed by atoms with Crippen LogP contribution in [0.25, 0.3) is 0 Å². The molecule has 0 spiro atoms. The molecule has 6 nitrogen and oxygen atoms in total. The lowest BCUT2D eigenvalue weighted by molar-refractivity contribution is -0.149. The van der Waals surface area contributed by atoms with Gasteiger partial charge in [-0.05, 0) is 101 Å². The van der Waals surface area contributed by atoms with Gasteiger partial charge in [-0.3, -0.25) is 4.79 Å². The molecule has 0 aliphatic heterocycles. The van der Waals surface area contributed by atoms with Crippen molar-refractivity contribution < 1.29 is 19.4 Å². The van der Waals surface area contributed by atoms with Crippen molar-refractivity contribution in [2.75, 3.05) is 13.1 Å². The van der Waals surface area contributed by atoms with E-state index in [1.165, 1.54) is 30.4 Å². The molecule has 5 atom stereocenters. The maximum atomic E-state index is 12.5. The molecule has 0 aromatic carbocycles. The number of aliphatic hydroxyl groups excluding tert-OH is 1. The normalized spacial score (nSPS) is 32.9. The van der Waals surface area contributed by atoms with Gasteiger partial charge in [0, 0.05) is 19.5 Å². The molecule has 3 unspecified atom stereocenters. The Kier molecular flexibility index (Phi) is 8.11. The first-order chi connectivity index (χ1) is 15.8. The third-order valence-corrected chi connectivity index (χ3v) is 9.17. The summed E-state index contributed by atoms with van der Waals surface area (Å²) in [6.07, 6.45) is 7.38. The van der Waals surface area contributed by atoms with Crippen LogP contribution in [-0.4, -0.2) is 41.9 Å². The number of carbonyl (C=O) groups is 2. The van der Waals surface area contributed by atoms with Gasteiger partial charge in [-0.1, -0.05) is 31.9 Å². The Morgan fingerprint density at radius 1 is 1.06 bits per heavy atom. The average Bonchev–Trinajstić information content (AvgIpc) is 2.72. The first kappa shape index (κ1) is 27.0. The van der Waals surface area contributed by atoms with E-state index in [2.05, 4.69) is 38.3 Å². The van der Waals surface area contributed by atoms with Gasteiger partial charge in [0.05, 0.1) is 6.10 Å². The summed E-state index contributed by atoms with van der Waals surface area (Å²) in [6, 6.07) is 0. The summed E-state index contributed by atoms with van der Waals surface area (Å²) in [4.78, 5) is 24.3. The second-order valence-electron chi connectivity index (χ2n) is 12.8. The van der Waals surface area contributed by atoms with E-state index in [-0.39, 0.29) is 22.8 Å². The highest BCUT2D eigenvalue weighted by atomic mass is 16.6. The number of ether oxygens (including phenoxy) is 1. The van der Waals surface area contributed by atoms with Crippen LogP contribution in [0.5, 0.6) is 0 Å². The number of amides is 2. The standard InChI is InChI=1S/C28H48N2O4/c1-18-8-11-21-20(9-12-22-27(5,6)23(31)14-15-28(21,22)7)19(18)10-13-24(32)29-16-17-30-25(33)34-26(2,3)4/h20-23,31H,8-17H2,1-7H3,(H,29,32)(H,30,33)/t20?,21-,22?,23?,28+/m0/s1. The monoisotopic (exact) mass is 476 g/mol. The minimum Gasteiger partial charge on any atom is -0.444 e. The lowest BCUT2D eigenvalue weighted by atomic mass is 9.43. The highest BCUT2D eigenvalue weighted by Crippen LogP contribution is 2.64. The summed E-state index contributed by atoms with van der Waals surface area (Å²) in [5, 5.41) is 16.3. The van der Waals surface area contributed by atoms with Gasteiger partial charge in [0.15, 0.2) is 0 Å². The van der Waals surface area contributed by atoms with Crippen molar-refractivity contribution in [1.82, 2.24) is 10.6 Å². The van der Waals surface area contributed by atoms with Crippen LogP contribution in [-0.2, 0) is 9.53 Å². The summed E-state index contributed by atoms with van der Waals surface area (Å²) >= 11 is 0. The molecular weight excluding hydrogens is 428 g/mol. The Bertz CT molecular complexity index is 797. The zero-order valence-corrected chi connectivity index (χ0v) is 22.6. The fourth-order valence-electron chi connectivity index (χ4n) is 7.44. The smallest absolute Gasteiger partial charge is 0.407 e. The van der Waals surface area contributed by atoms with Crippen molar-refractivity contribution in [2.24, 2.45) is 28.6 Å². The molecule has 0 heterocycles. The Morgan fingerprint density at radius 3 is 2.41 bits per heavy atom. The van der Waals surface area contributed by atoms with Crippen molar-refractivity contribution >= 4 is 12.0 Å². The number of nitrogens with one attached hydrogen (secondary N) is 2. The Morgan fingerprint density at radius 2 is 1.74 bits per heavy atom. The molecule has 3 N–H and O–H groups in total. The quantitative estimate of drug-likeness (QED) is 0.356. The molecule has 194 valence electrons. The van der Waals surface area contributed by atoms with E-state index >= 15 is 0 Å². The molecule has 3 aliphatic carbocycles. The fraction of sp³-hybridized carbons (Fsp3) is 0.857. The van der Waals surface area contributed by atoms with E-state index in [9.17, 15) is 14.7 Å². The second kappa shape index (κ2) is 10.2. The van der Waals surface area contributed by atoms with Gasteiger partial charge in [0.1, 0.15) is 5.60 Å². The highest BCUT2D eigenvalue weighted by molar-refractivity contribution is 5.76. The lowest BCUT2D eigenvalue weighted by Gasteiger charge is -2.62. The number of alkyl carbamates (subject to hydrolysis) is 1. The Hall–Kier alpha value is -1.56. The van der Waals surface area contributed by atoms with Crippen LogP contribution in [0.15, 0.2) is 11.1 Å². The number of carbonyl (C=O) groups excluding carboxylic acids is 2. The molecule has 3 aliphatic rings. The number of fused-ring (bicyclic) bond motifs is 3. The molecule has 0 aromatic heterocycles. The summed E-state index contributed by atoms with van der Waals surface area (Å²) in [5.41, 5.74) is 2.72. The molecule has 0 bridgehead atoms. The van der Waals surface area contributed by atoms with Crippen LogP contribution in [0.3, 0.4) is 0 Å². The molecule has 3 rings (SSSR count). The van der Waals surface area contributed by atoms with Crippen LogP contribution in [0, 0.1) is 28.6 Å². The maximum absolute atomic E-state index is 12.5. The van der Waals surface area contributed by atoms with Crippen molar-refractivity contribution in [3.8, 4) is 0 Å². The molecule has 6 heteroatoms. The molecule has 0 saturated heterocycles. The maximum Gasteiger partial charge on any atom is 0.407 e. The molecule has 0 aromatic rings. The molecule has 2 fully saturated rings. The Labute approximate surface area is 206 Å². The van der Waals surface area contributed by atoms with E-state index in [1.807, 2.05) is 20.8 Å². The van der Waals surface area contributed by atoms with Gasteiger partial charge in [-0.15, -0.1) is 0 Å². The number of aliphatic hydroxyl groups is 1. The van der Waals surface area contributed by atoms with Gasteiger partial charge >= 0.3 is 6.09 Å². The minimum atomic E-state index is -0.528. The third kappa shape index (κ3) is 5.80. The van der Waals surface area contributed by atoms with E-state index < -0.39 is 11.7 Å². The Balaban J connectivity index is 1.53. The van der Waals surface area contributed by atoms with Crippen LogP contribution >= 0.6 is 0 Å². The van der Waals surface area contributed by atoms with Crippen molar-refractivity contribution in [2.45, 2.75) is 112 Å². The van der Waals surface area contributed by atoms with Gasteiger partial charge in [0.25, 0.3) is 0 Å². The number of hydrogen-bond donors (Lipinski definition) is 3.